The fourth-order valence-corrected chi connectivity index (χ4v) is 4.38. The van der Waals surface area contributed by atoms with E-state index in [-0.39, 0.29) is 16.7 Å². The molecule has 114 valence electrons. The molecule has 5 nitrogen and oxygen atoms in total. The summed E-state index contributed by atoms with van der Waals surface area (Å²) in [5.41, 5.74) is 2.15. The number of carbonyl (C=O) groups is 1. The van der Waals surface area contributed by atoms with Gasteiger partial charge in [-0.15, -0.1) is 0 Å². The topological polar surface area (TPSA) is 89.3 Å². The highest BCUT2D eigenvalue weighted by atomic mass is 32.2. The van der Waals surface area contributed by atoms with Crippen molar-refractivity contribution in [1.29, 1.82) is 0 Å². The highest BCUT2D eigenvalue weighted by Gasteiger charge is 2.56. The van der Waals surface area contributed by atoms with Gasteiger partial charge in [0, 0.05) is 11.6 Å². The van der Waals surface area contributed by atoms with E-state index in [1.807, 2.05) is 0 Å². The van der Waals surface area contributed by atoms with Crippen LogP contribution >= 0.6 is 0 Å². The van der Waals surface area contributed by atoms with Gasteiger partial charge >= 0.3 is 0 Å². The van der Waals surface area contributed by atoms with Crippen LogP contribution < -0.4 is 10.5 Å². The number of primary sulfonamides is 1. The van der Waals surface area contributed by atoms with Gasteiger partial charge in [0.15, 0.2) is 0 Å². The number of anilines is 1. The number of aryl methyl sites for hydroxylation is 2. The first kappa shape index (κ1) is 14.5. The summed E-state index contributed by atoms with van der Waals surface area (Å²) < 4.78 is 22.8. The molecule has 1 aromatic rings. The maximum atomic E-state index is 12.3. The van der Waals surface area contributed by atoms with Crippen molar-refractivity contribution in [3.8, 4) is 0 Å². The molecule has 0 spiro atoms. The molecular weight excluding hydrogens is 288 g/mol. The Kier molecular flexibility index (Phi) is 3.33. The van der Waals surface area contributed by atoms with E-state index in [1.165, 1.54) is 18.6 Å². The van der Waals surface area contributed by atoms with Crippen molar-refractivity contribution in [2.24, 2.45) is 22.9 Å². The lowest BCUT2D eigenvalue weighted by molar-refractivity contribution is -0.118. The third-order valence-electron chi connectivity index (χ3n) is 4.79. The Morgan fingerprint density at radius 3 is 2.19 bits per heavy atom. The largest absolute Gasteiger partial charge is 0.325 e. The third-order valence-corrected chi connectivity index (χ3v) is 5.68. The van der Waals surface area contributed by atoms with Crippen molar-refractivity contribution in [3.63, 3.8) is 0 Å². The standard InChI is InChI=1S/C15H20N2O3S/c1-8-6-10(21(16,19)20)7-9(2)14(8)17-15(18)13-11-4-3-5-12(11)13/h6-7,11-13H,3-5H2,1-2H3,(H,17,18)(H2,16,19,20). The van der Waals surface area contributed by atoms with Crippen LogP contribution in [0.3, 0.4) is 0 Å². The Bertz CT molecular complexity index is 679. The minimum Gasteiger partial charge on any atom is -0.325 e. The van der Waals surface area contributed by atoms with Crippen molar-refractivity contribution in [3.05, 3.63) is 23.3 Å². The predicted molar refractivity (Wildman–Crippen MR) is 80.2 cm³/mol. The summed E-state index contributed by atoms with van der Waals surface area (Å²) in [6.45, 7) is 3.57. The molecule has 2 unspecified atom stereocenters. The van der Waals surface area contributed by atoms with E-state index in [9.17, 15) is 13.2 Å². The number of nitrogens with two attached hydrogens (primary N) is 1. The van der Waals surface area contributed by atoms with E-state index in [1.54, 1.807) is 13.8 Å². The van der Waals surface area contributed by atoms with E-state index in [4.69, 9.17) is 5.14 Å². The Balaban J connectivity index is 1.81. The maximum Gasteiger partial charge on any atom is 0.238 e. The lowest BCUT2D eigenvalue weighted by Gasteiger charge is -2.14. The highest BCUT2D eigenvalue weighted by Crippen LogP contribution is 2.57. The molecule has 1 amide bonds. The Labute approximate surface area is 125 Å². The first-order valence-electron chi connectivity index (χ1n) is 7.24. The van der Waals surface area contributed by atoms with Crippen molar-refractivity contribution >= 4 is 21.6 Å². The van der Waals surface area contributed by atoms with Gasteiger partial charge in [-0.1, -0.05) is 6.42 Å². The maximum absolute atomic E-state index is 12.3. The summed E-state index contributed by atoms with van der Waals surface area (Å²) in [7, 11) is -3.72. The van der Waals surface area contributed by atoms with Gasteiger partial charge in [0.05, 0.1) is 4.90 Å². The number of amides is 1. The number of carbonyl (C=O) groups excluding carboxylic acids is 1. The Morgan fingerprint density at radius 1 is 1.19 bits per heavy atom. The summed E-state index contributed by atoms with van der Waals surface area (Å²) >= 11 is 0. The van der Waals surface area contributed by atoms with E-state index < -0.39 is 10.0 Å². The Hall–Kier alpha value is -1.40. The minimum absolute atomic E-state index is 0.0688. The molecule has 0 aliphatic heterocycles. The minimum atomic E-state index is -3.72. The molecule has 6 heteroatoms. The summed E-state index contributed by atoms with van der Waals surface area (Å²) in [6, 6.07) is 3.01. The number of nitrogens with one attached hydrogen (secondary N) is 1. The van der Waals surface area contributed by atoms with Crippen LogP contribution in [0.4, 0.5) is 5.69 Å². The first-order chi connectivity index (χ1) is 9.79. The average Bonchev–Trinajstić information content (AvgIpc) is 2.86. The SMILES string of the molecule is Cc1cc(S(N)(=O)=O)cc(C)c1NC(=O)C1C2CCCC21. The molecule has 3 N–H and O–H groups in total. The summed E-state index contributed by atoms with van der Waals surface area (Å²) in [5, 5.41) is 8.12. The van der Waals surface area contributed by atoms with Crippen LogP contribution in [0.2, 0.25) is 0 Å². The van der Waals surface area contributed by atoms with Gasteiger partial charge in [-0.3, -0.25) is 4.79 Å². The fourth-order valence-electron chi connectivity index (χ4n) is 3.70. The van der Waals surface area contributed by atoms with Crippen LogP contribution in [0, 0.1) is 31.6 Å². The molecule has 2 saturated carbocycles. The molecular formula is C15H20N2O3S. The second-order valence-corrected chi connectivity index (χ2v) is 7.81. The predicted octanol–water partition coefficient (Wildman–Crippen LogP) is 1.94. The van der Waals surface area contributed by atoms with Gasteiger partial charge < -0.3 is 5.32 Å². The molecule has 2 aliphatic rings. The van der Waals surface area contributed by atoms with E-state index >= 15 is 0 Å². The molecule has 0 bridgehead atoms. The normalized spacial score (nSPS) is 27.3. The smallest absolute Gasteiger partial charge is 0.238 e. The number of hydrogen-bond acceptors (Lipinski definition) is 3. The molecule has 2 aliphatic carbocycles. The van der Waals surface area contributed by atoms with Crippen LogP contribution in [0.5, 0.6) is 0 Å². The van der Waals surface area contributed by atoms with Crippen LogP contribution in [-0.4, -0.2) is 14.3 Å². The number of rotatable bonds is 3. The van der Waals surface area contributed by atoms with Gasteiger partial charge in [0.1, 0.15) is 0 Å². The quantitative estimate of drug-likeness (QED) is 0.894. The van der Waals surface area contributed by atoms with Crippen LogP contribution in [0.1, 0.15) is 30.4 Å². The third kappa shape index (κ3) is 2.58. The number of hydrogen-bond donors (Lipinski definition) is 2. The van der Waals surface area contributed by atoms with Crippen molar-refractivity contribution in [1.82, 2.24) is 0 Å². The zero-order valence-electron chi connectivity index (χ0n) is 12.2. The lowest BCUT2D eigenvalue weighted by Crippen LogP contribution is -2.19. The zero-order chi connectivity index (χ0) is 15.4. The zero-order valence-corrected chi connectivity index (χ0v) is 13.0. The molecule has 21 heavy (non-hydrogen) atoms. The van der Waals surface area contributed by atoms with Crippen molar-refractivity contribution in [2.45, 2.75) is 38.0 Å². The molecule has 0 aromatic heterocycles. The van der Waals surface area contributed by atoms with E-state index in [0.717, 1.165) is 24.0 Å². The van der Waals surface area contributed by atoms with Gasteiger partial charge in [-0.25, -0.2) is 13.6 Å². The van der Waals surface area contributed by atoms with E-state index in [2.05, 4.69) is 5.32 Å². The molecule has 0 heterocycles. The van der Waals surface area contributed by atoms with Crippen LogP contribution in [-0.2, 0) is 14.8 Å². The molecule has 2 fully saturated rings. The molecule has 2 atom stereocenters. The number of benzene rings is 1. The lowest BCUT2D eigenvalue weighted by atomic mass is 10.1. The van der Waals surface area contributed by atoms with E-state index in [0.29, 0.717) is 17.5 Å². The average molecular weight is 308 g/mol. The summed E-state index contributed by atoms with van der Waals surface area (Å²) in [5.74, 6) is 1.35. The second-order valence-electron chi connectivity index (χ2n) is 6.25. The summed E-state index contributed by atoms with van der Waals surface area (Å²) in [6.07, 6.45) is 3.55. The molecule has 0 saturated heterocycles. The second kappa shape index (κ2) is 4.81. The summed E-state index contributed by atoms with van der Waals surface area (Å²) in [4.78, 5) is 12.4. The van der Waals surface area contributed by atoms with Crippen molar-refractivity contribution in [2.75, 3.05) is 5.32 Å². The monoisotopic (exact) mass is 308 g/mol. The molecule has 3 rings (SSSR count). The van der Waals surface area contributed by atoms with Gasteiger partial charge in [-0.05, 0) is 61.8 Å². The van der Waals surface area contributed by atoms with Gasteiger partial charge in [0.25, 0.3) is 0 Å². The number of fused-ring (bicyclic) bond motifs is 1. The first-order valence-corrected chi connectivity index (χ1v) is 8.78. The van der Waals surface area contributed by atoms with Crippen LogP contribution in [0.15, 0.2) is 17.0 Å². The van der Waals surface area contributed by atoms with Crippen LogP contribution in [0.25, 0.3) is 0 Å². The number of sulfonamides is 1. The van der Waals surface area contributed by atoms with Gasteiger partial charge in [0.2, 0.25) is 15.9 Å². The van der Waals surface area contributed by atoms with Crippen molar-refractivity contribution < 1.29 is 13.2 Å². The Morgan fingerprint density at radius 2 is 1.71 bits per heavy atom. The fraction of sp³-hybridized carbons (Fsp3) is 0.533. The molecule has 1 aromatic carbocycles. The van der Waals surface area contributed by atoms with Gasteiger partial charge in [-0.2, -0.15) is 0 Å². The molecule has 0 radical (unpaired) electrons. The highest BCUT2D eigenvalue weighted by molar-refractivity contribution is 7.89.